The van der Waals surface area contributed by atoms with Crippen molar-refractivity contribution in [1.82, 2.24) is 4.98 Å². The van der Waals surface area contributed by atoms with Crippen molar-refractivity contribution in [3.05, 3.63) is 70.5 Å². The highest BCUT2D eigenvalue weighted by Gasteiger charge is 2.20. The molecule has 19 heavy (non-hydrogen) atoms. The van der Waals surface area contributed by atoms with Crippen molar-refractivity contribution in [2.45, 2.75) is 13.8 Å². The van der Waals surface area contributed by atoms with Crippen molar-refractivity contribution in [1.29, 1.82) is 0 Å². The van der Waals surface area contributed by atoms with Crippen molar-refractivity contribution in [3.63, 3.8) is 0 Å². The van der Waals surface area contributed by atoms with Crippen molar-refractivity contribution in [2.24, 2.45) is 0 Å². The van der Waals surface area contributed by atoms with E-state index < -0.39 is 0 Å². The van der Waals surface area contributed by atoms with Crippen LogP contribution < -0.4 is 5.32 Å². The number of hydrogen-bond donors (Lipinski definition) is 1. The number of pyridine rings is 1. The van der Waals surface area contributed by atoms with Gasteiger partial charge in [-0.15, -0.1) is 0 Å². The number of nitrogens with zero attached hydrogens (tertiary/aromatic N) is 1. The molecule has 1 N–H and O–H groups in total. The van der Waals surface area contributed by atoms with E-state index in [-0.39, 0.29) is 5.91 Å². The van der Waals surface area contributed by atoms with Gasteiger partial charge in [0, 0.05) is 11.3 Å². The van der Waals surface area contributed by atoms with Crippen LogP contribution in [0.1, 0.15) is 11.3 Å². The zero-order chi connectivity index (χ0) is 13.4. The summed E-state index contributed by atoms with van der Waals surface area (Å²) in [6.45, 7) is 3.91. The number of carbonyl (C=O) groups excluding carboxylic acids is 1. The highest BCUT2D eigenvalue weighted by Crippen LogP contribution is 2.30. The SMILES string of the molecule is Cc1cc(C)nc(NC(=O)C2=C3C=CC=C3C=C2)c1. The number of carbonyl (C=O) groups is 1. The summed E-state index contributed by atoms with van der Waals surface area (Å²) >= 11 is 0. The molecule has 94 valence electrons. The van der Waals surface area contributed by atoms with E-state index in [0.29, 0.717) is 11.4 Å². The third-order valence-electron chi connectivity index (χ3n) is 3.15. The molecule has 0 fully saturated rings. The van der Waals surface area contributed by atoms with E-state index in [2.05, 4.69) is 10.3 Å². The number of anilines is 1. The maximum absolute atomic E-state index is 12.3. The first-order chi connectivity index (χ1) is 9.13. The molecule has 1 aromatic rings. The summed E-state index contributed by atoms with van der Waals surface area (Å²) in [4.78, 5) is 16.6. The molecule has 0 saturated carbocycles. The first kappa shape index (κ1) is 11.7. The Kier molecular flexibility index (Phi) is 2.67. The van der Waals surface area contributed by atoms with Crippen LogP contribution in [0.25, 0.3) is 0 Å². The number of aromatic nitrogens is 1. The first-order valence-corrected chi connectivity index (χ1v) is 6.21. The topological polar surface area (TPSA) is 42.0 Å². The number of amides is 1. The van der Waals surface area contributed by atoms with E-state index in [9.17, 15) is 4.79 Å². The summed E-state index contributed by atoms with van der Waals surface area (Å²) in [6.07, 6.45) is 9.72. The molecule has 0 aliphatic heterocycles. The van der Waals surface area contributed by atoms with E-state index in [0.717, 1.165) is 22.4 Å². The molecule has 0 bridgehead atoms. The van der Waals surface area contributed by atoms with Crippen LogP contribution in [0, 0.1) is 13.8 Å². The summed E-state index contributed by atoms with van der Waals surface area (Å²) in [5, 5.41) is 2.86. The molecule has 3 heteroatoms. The van der Waals surface area contributed by atoms with E-state index in [1.54, 1.807) is 0 Å². The fourth-order valence-electron chi connectivity index (χ4n) is 2.37. The minimum Gasteiger partial charge on any atom is -0.307 e. The third-order valence-corrected chi connectivity index (χ3v) is 3.15. The summed E-state index contributed by atoms with van der Waals surface area (Å²) in [5.41, 5.74) is 4.77. The Morgan fingerprint density at radius 2 is 2.00 bits per heavy atom. The van der Waals surface area contributed by atoms with Crippen LogP contribution >= 0.6 is 0 Å². The van der Waals surface area contributed by atoms with Gasteiger partial charge in [-0.25, -0.2) is 4.98 Å². The van der Waals surface area contributed by atoms with Crippen molar-refractivity contribution in [3.8, 4) is 0 Å². The quantitative estimate of drug-likeness (QED) is 0.876. The molecule has 1 heterocycles. The summed E-state index contributed by atoms with van der Waals surface area (Å²) in [6, 6.07) is 3.85. The predicted molar refractivity (Wildman–Crippen MR) is 75.7 cm³/mol. The summed E-state index contributed by atoms with van der Waals surface area (Å²) < 4.78 is 0. The molecule has 1 amide bonds. The van der Waals surface area contributed by atoms with Crippen LogP contribution in [0.2, 0.25) is 0 Å². The van der Waals surface area contributed by atoms with Gasteiger partial charge in [-0.2, -0.15) is 0 Å². The number of fused-ring (bicyclic) bond motifs is 1. The van der Waals surface area contributed by atoms with E-state index in [1.165, 1.54) is 0 Å². The van der Waals surface area contributed by atoms with Crippen molar-refractivity contribution in [2.75, 3.05) is 5.32 Å². The molecule has 1 aromatic heterocycles. The molecule has 3 rings (SSSR count). The third kappa shape index (κ3) is 2.15. The zero-order valence-electron chi connectivity index (χ0n) is 10.9. The smallest absolute Gasteiger partial charge is 0.257 e. The molecule has 0 radical (unpaired) electrons. The zero-order valence-corrected chi connectivity index (χ0v) is 10.9. The van der Waals surface area contributed by atoms with E-state index in [1.807, 2.05) is 56.4 Å². The molecule has 0 spiro atoms. The Morgan fingerprint density at radius 3 is 2.79 bits per heavy atom. The number of rotatable bonds is 2. The lowest BCUT2D eigenvalue weighted by atomic mass is 10.1. The fourth-order valence-corrected chi connectivity index (χ4v) is 2.37. The lowest BCUT2D eigenvalue weighted by Gasteiger charge is -2.07. The second-order valence-electron chi connectivity index (χ2n) is 4.77. The highest BCUT2D eigenvalue weighted by molar-refractivity contribution is 6.08. The van der Waals surface area contributed by atoms with E-state index in [4.69, 9.17) is 0 Å². The van der Waals surface area contributed by atoms with Crippen LogP contribution in [0.3, 0.4) is 0 Å². The van der Waals surface area contributed by atoms with Crippen LogP contribution in [-0.4, -0.2) is 10.9 Å². The fraction of sp³-hybridized carbons (Fsp3) is 0.125. The second-order valence-corrected chi connectivity index (χ2v) is 4.77. The van der Waals surface area contributed by atoms with Gasteiger partial charge in [0.15, 0.2) is 0 Å². The molecule has 3 nitrogen and oxygen atoms in total. The Hall–Kier alpha value is -2.42. The number of aryl methyl sites for hydroxylation is 2. The van der Waals surface area contributed by atoms with Crippen molar-refractivity contribution >= 4 is 11.7 Å². The maximum atomic E-state index is 12.3. The predicted octanol–water partition coefficient (Wildman–Crippen LogP) is 3.00. The van der Waals surface area contributed by atoms with Gasteiger partial charge in [-0.05, 0) is 48.8 Å². The number of hydrogen-bond acceptors (Lipinski definition) is 2. The normalized spacial score (nSPS) is 15.8. The van der Waals surface area contributed by atoms with Gasteiger partial charge in [0.25, 0.3) is 5.91 Å². The van der Waals surface area contributed by atoms with Crippen LogP contribution in [0.5, 0.6) is 0 Å². The second kappa shape index (κ2) is 4.35. The molecule has 0 aromatic carbocycles. The Labute approximate surface area is 112 Å². The lowest BCUT2D eigenvalue weighted by Crippen LogP contribution is -2.15. The standard InChI is InChI=1S/C16H14N2O/c1-10-8-11(2)17-15(9-10)18-16(19)14-7-6-12-4-3-5-13(12)14/h3-9H,1-2H3,(H,17,18,19). The average Bonchev–Trinajstić information content (AvgIpc) is 2.87. The molecule has 0 atom stereocenters. The molecular formula is C16H14N2O. The minimum absolute atomic E-state index is 0.112. The monoisotopic (exact) mass is 250 g/mol. The first-order valence-electron chi connectivity index (χ1n) is 6.21. The van der Waals surface area contributed by atoms with Gasteiger partial charge in [0.2, 0.25) is 0 Å². The van der Waals surface area contributed by atoms with Gasteiger partial charge in [0.05, 0.1) is 0 Å². The van der Waals surface area contributed by atoms with E-state index >= 15 is 0 Å². The van der Waals surface area contributed by atoms with Gasteiger partial charge < -0.3 is 5.32 Å². The number of nitrogens with one attached hydrogen (secondary N) is 1. The van der Waals surface area contributed by atoms with Gasteiger partial charge in [-0.3, -0.25) is 4.79 Å². The average molecular weight is 250 g/mol. The van der Waals surface area contributed by atoms with Gasteiger partial charge in [-0.1, -0.05) is 24.3 Å². The van der Waals surface area contributed by atoms with Crippen molar-refractivity contribution < 1.29 is 4.79 Å². The minimum atomic E-state index is -0.112. The largest absolute Gasteiger partial charge is 0.307 e. The molecule has 2 aliphatic carbocycles. The van der Waals surface area contributed by atoms with Crippen LogP contribution in [0.4, 0.5) is 5.82 Å². The summed E-state index contributed by atoms with van der Waals surface area (Å²) in [5.74, 6) is 0.488. The summed E-state index contributed by atoms with van der Waals surface area (Å²) in [7, 11) is 0. The van der Waals surface area contributed by atoms with Crippen LogP contribution in [-0.2, 0) is 4.79 Å². The Bertz CT molecular complexity index is 670. The molecule has 2 aliphatic rings. The van der Waals surface area contributed by atoms with Gasteiger partial charge in [0.1, 0.15) is 5.82 Å². The lowest BCUT2D eigenvalue weighted by molar-refractivity contribution is -0.112. The number of allylic oxidation sites excluding steroid dienone is 6. The molecular weight excluding hydrogens is 236 g/mol. The molecule has 0 unspecified atom stereocenters. The molecule has 0 saturated heterocycles. The Balaban J connectivity index is 1.87. The van der Waals surface area contributed by atoms with Gasteiger partial charge >= 0.3 is 0 Å². The highest BCUT2D eigenvalue weighted by atomic mass is 16.1. The Morgan fingerprint density at radius 1 is 1.16 bits per heavy atom. The maximum Gasteiger partial charge on any atom is 0.257 e. The van der Waals surface area contributed by atoms with Crippen LogP contribution in [0.15, 0.2) is 59.2 Å².